The van der Waals surface area contributed by atoms with E-state index in [4.69, 9.17) is 16.3 Å². The van der Waals surface area contributed by atoms with Crippen molar-refractivity contribution in [3.05, 3.63) is 11.4 Å². The molecule has 0 saturated carbocycles. The maximum absolute atomic E-state index is 13.0. The van der Waals surface area contributed by atoms with Gasteiger partial charge in [-0.1, -0.05) is 0 Å². The van der Waals surface area contributed by atoms with Crippen LogP contribution in [0, 0.1) is 6.92 Å². The number of aromatic nitrogens is 2. The molecule has 1 fully saturated rings. The molecule has 120 valence electrons. The maximum atomic E-state index is 13.0. The smallest absolute Gasteiger partial charge is 0.246 e. The van der Waals surface area contributed by atoms with Crippen molar-refractivity contribution in [3.63, 3.8) is 0 Å². The summed E-state index contributed by atoms with van der Waals surface area (Å²) in [6.45, 7) is 9.84. The third-order valence-corrected chi connectivity index (χ3v) is 5.60. The molecular formula is C13H22ClN3O3S. The molecule has 0 atom stereocenters. The second-order valence-corrected chi connectivity index (χ2v) is 8.79. The fourth-order valence-electron chi connectivity index (χ4n) is 2.92. The highest BCUT2D eigenvalue weighted by molar-refractivity contribution is 7.89. The lowest BCUT2D eigenvalue weighted by Gasteiger charge is -2.46. The van der Waals surface area contributed by atoms with Crippen molar-refractivity contribution in [2.24, 2.45) is 0 Å². The van der Waals surface area contributed by atoms with Crippen molar-refractivity contribution in [3.8, 4) is 0 Å². The van der Waals surface area contributed by atoms with Crippen LogP contribution in [-0.2, 0) is 20.6 Å². The number of sulfonamides is 1. The SMILES string of the molecule is Cc1[nH]nc(CCl)c1S(=O)(=O)N1CC(C)(C)OC(C)(C)C1. The van der Waals surface area contributed by atoms with Crippen molar-refractivity contribution in [1.29, 1.82) is 0 Å². The number of halogens is 1. The summed E-state index contributed by atoms with van der Waals surface area (Å²) in [6.07, 6.45) is 0. The molecule has 2 rings (SSSR count). The highest BCUT2D eigenvalue weighted by atomic mass is 35.5. The van der Waals surface area contributed by atoms with E-state index in [1.165, 1.54) is 4.31 Å². The van der Waals surface area contributed by atoms with E-state index in [-0.39, 0.29) is 10.8 Å². The van der Waals surface area contributed by atoms with Crippen molar-refractivity contribution in [2.75, 3.05) is 13.1 Å². The Morgan fingerprint density at radius 2 is 1.81 bits per heavy atom. The van der Waals surface area contributed by atoms with Crippen LogP contribution in [0.15, 0.2) is 4.90 Å². The molecule has 0 unspecified atom stereocenters. The van der Waals surface area contributed by atoms with Crippen LogP contribution in [0.2, 0.25) is 0 Å². The summed E-state index contributed by atoms with van der Waals surface area (Å²) in [5.74, 6) is 0.0516. The number of ether oxygens (including phenoxy) is 1. The van der Waals surface area contributed by atoms with Crippen LogP contribution in [0.25, 0.3) is 0 Å². The third-order valence-electron chi connectivity index (χ3n) is 3.35. The van der Waals surface area contributed by atoms with Crippen LogP contribution in [-0.4, -0.2) is 47.2 Å². The van der Waals surface area contributed by atoms with Crippen molar-refractivity contribution >= 4 is 21.6 Å². The fraction of sp³-hybridized carbons (Fsp3) is 0.769. The molecule has 0 radical (unpaired) electrons. The van der Waals surface area contributed by atoms with Gasteiger partial charge in [0.1, 0.15) is 4.90 Å². The molecule has 0 aliphatic carbocycles. The van der Waals surface area contributed by atoms with Gasteiger partial charge >= 0.3 is 0 Å². The second-order valence-electron chi connectivity index (χ2n) is 6.65. The Hall–Kier alpha value is -0.630. The van der Waals surface area contributed by atoms with E-state index in [9.17, 15) is 8.42 Å². The fourth-order valence-corrected chi connectivity index (χ4v) is 5.26. The van der Waals surface area contributed by atoms with E-state index in [2.05, 4.69) is 10.2 Å². The molecule has 0 aromatic carbocycles. The zero-order valence-electron chi connectivity index (χ0n) is 13.0. The zero-order valence-corrected chi connectivity index (χ0v) is 14.6. The number of aromatic amines is 1. The number of hydrogen-bond donors (Lipinski definition) is 1. The van der Waals surface area contributed by atoms with E-state index in [0.29, 0.717) is 24.5 Å². The van der Waals surface area contributed by atoms with Crippen molar-refractivity contribution in [1.82, 2.24) is 14.5 Å². The second kappa shape index (κ2) is 5.22. The van der Waals surface area contributed by atoms with Gasteiger partial charge in [-0.25, -0.2) is 8.42 Å². The van der Waals surface area contributed by atoms with Crippen LogP contribution in [0.5, 0.6) is 0 Å². The molecule has 1 saturated heterocycles. The van der Waals surface area contributed by atoms with Gasteiger partial charge in [0.2, 0.25) is 10.0 Å². The molecule has 8 heteroatoms. The van der Waals surface area contributed by atoms with Gasteiger partial charge in [-0.05, 0) is 34.6 Å². The largest absolute Gasteiger partial charge is 0.367 e. The van der Waals surface area contributed by atoms with E-state index in [1.54, 1.807) is 6.92 Å². The number of nitrogens with zero attached hydrogens (tertiary/aromatic N) is 2. The molecule has 1 aromatic heterocycles. The van der Waals surface area contributed by atoms with Crippen LogP contribution < -0.4 is 0 Å². The number of rotatable bonds is 3. The summed E-state index contributed by atoms with van der Waals surface area (Å²) in [5.41, 5.74) is -0.231. The Kier molecular flexibility index (Phi) is 4.16. The van der Waals surface area contributed by atoms with Gasteiger partial charge in [0.15, 0.2) is 0 Å². The summed E-state index contributed by atoms with van der Waals surface area (Å²) in [6, 6.07) is 0. The number of nitrogens with one attached hydrogen (secondary N) is 1. The van der Waals surface area contributed by atoms with Crippen LogP contribution >= 0.6 is 11.6 Å². The van der Waals surface area contributed by atoms with Crippen LogP contribution in [0.3, 0.4) is 0 Å². The summed E-state index contributed by atoms with van der Waals surface area (Å²) < 4.78 is 33.4. The Labute approximate surface area is 130 Å². The van der Waals surface area contributed by atoms with Gasteiger partial charge in [0.05, 0.1) is 28.5 Å². The normalized spacial score (nSPS) is 22.4. The minimum Gasteiger partial charge on any atom is -0.367 e. The Balaban J connectivity index is 2.46. The highest BCUT2D eigenvalue weighted by Gasteiger charge is 2.44. The van der Waals surface area contributed by atoms with Crippen LogP contribution in [0.4, 0.5) is 0 Å². The first kappa shape index (κ1) is 16.7. The monoisotopic (exact) mass is 335 g/mol. The lowest BCUT2D eigenvalue weighted by atomic mass is 10.0. The molecule has 1 aromatic rings. The van der Waals surface area contributed by atoms with Gasteiger partial charge < -0.3 is 4.74 Å². The van der Waals surface area contributed by atoms with Gasteiger partial charge in [-0.15, -0.1) is 11.6 Å². The Bertz CT molecular complexity index is 621. The first-order valence-electron chi connectivity index (χ1n) is 6.79. The zero-order chi connectivity index (χ0) is 16.1. The molecular weight excluding hydrogens is 314 g/mol. The van der Waals surface area contributed by atoms with Crippen molar-refractivity contribution < 1.29 is 13.2 Å². The minimum atomic E-state index is -3.66. The predicted molar refractivity (Wildman–Crippen MR) is 80.9 cm³/mol. The van der Waals surface area contributed by atoms with E-state index >= 15 is 0 Å². The van der Waals surface area contributed by atoms with Crippen LogP contribution in [0.1, 0.15) is 39.1 Å². The first-order valence-corrected chi connectivity index (χ1v) is 8.76. The highest BCUT2D eigenvalue weighted by Crippen LogP contribution is 2.33. The molecule has 0 spiro atoms. The number of H-pyrrole nitrogens is 1. The summed E-state index contributed by atoms with van der Waals surface area (Å²) in [4.78, 5) is 0.186. The summed E-state index contributed by atoms with van der Waals surface area (Å²) >= 11 is 5.81. The number of alkyl halides is 1. The van der Waals surface area contributed by atoms with Gasteiger partial charge in [-0.2, -0.15) is 9.40 Å². The number of morpholine rings is 1. The quantitative estimate of drug-likeness (QED) is 0.858. The molecule has 1 aliphatic rings. The average Bonchev–Trinajstić information content (AvgIpc) is 2.66. The molecule has 0 amide bonds. The Morgan fingerprint density at radius 1 is 1.29 bits per heavy atom. The topological polar surface area (TPSA) is 75.3 Å². The Morgan fingerprint density at radius 3 is 2.29 bits per heavy atom. The summed E-state index contributed by atoms with van der Waals surface area (Å²) in [5, 5.41) is 6.68. The van der Waals surface area contributed by atoms with Crippen molar-refractivity contribution in [2.45, 2.75) is 56.6 Å². The van der Waals surface area contributed by atoms with Gasteiger partial charge in [0.25, 0.3) is 0 Å². The average molecular weight is 336 g/mol. The first-order chi connectivity index (χ1) is 9.48. The third kappa shape index (κ3) is 3.26. The number of hydrogen-bond acceptors (Lipinski definition) is 4. The molecule has 0 bridgehead atoms. The minimum absolute atomic E-state index is 0.0516. The van der Waals surface area contributed by atoms with E-state index in [0.717, 1.165) is 0 Å². The summed E-state index contributed by atoms with van der Waals surface area (Å²) in [7, 11) is -3.66. The lowest BCUT2D eigenvalue weighted by molar-refractivity contribution is -0.163. The van der Waals surface area contributed by atoms with Gasteiger partial charge in [0, 0.05) is 13.1 Å². The molecule has 21 heavy (non-hydrogen) atoms. The maximum Gasteiger partial charge on any atom is 0.246 e. The molecule has 6 nitrogen and oxygen atoms in total. The number of aryl methyl sites for hydroxylation is 1. The lowest BCUT2D eigenvalue weighted by Crippen LogP contribution is -2.58. The predicted octanol–water partition coefficient (Wildman–Crippen LogP) is 2.04. The standard InChI is InChI=1S/C13H22ClN3O3S/c1-9-11(10(6-14)16-15-9)21(18,19)17-7-12(2,3)20-13(4,5)8-17/h6-8H2,1-5H3,(H,15,16). The molecule has 1 N–H and O–H groups in total. The molecule has 1 aliphatic heterocycles. The molecule has 2 heterocycles. The van der Waals surface area contributed by atoms with Gasteiger partial charge in [-0.3, -0.25) is 5.10 Å². The van der Waals surface area contributed by atoms with E-state index < -0.39 is 21.2 Å². The van der Waals surface area contributed by atoms with E-state index in [1.807, 2.05) is 27.7 Å².